The summed E-state index contributed by atoms with van der Waals surface area (Å²) in [5, 5.41) is 8.33. The topological polar surface area (TPSA) is 43.0 Å². The van der Waals surface area contributed by atoms with Crippen molar-refractivity contribution < 1.29 is 13.3 Å². The fourth-order valence-electron chi connectivity index (χ4n) is 3.48. The molecule has 0 saturated carbocycles. The molecular formula is C18H19F2N3O. The van der Waals surface area contributed by atoms with Crippen LogP contribution in [0.15, 0.2) is 35.0 Å². The molecule has 0 radical (unpaired) electrons. The minimum Gasteiger partial charge on any atom is -0.361 e. The summed E-state index contributed by atoms with van der Waals surface area (Å²) in [6.07, 6.45) is 5.83. The zero-order valence-corrected chi connectivity index (χ0v) is 13.3. The summed E-state index contributed by atoms with van der Waals surface area (Å²) in [5.74, 6) is 1.01. The normalized spacial score (nSPS) is 14.5. The van der Waals surface area contributed by atoms with Crippen LogP contribution in [0.3, 0.4) is 0 Å². The molecule has 0 saturated heterocycles. The number of nitrogens with one attached hydrogen (secondary N) is 1. The molecule has 3 aromatic rings. The molecule has 1 N–H and O–H groups in total. The van der Waals surface area contributed by atoms with Crippen LogP contribution in [-0.4, -0.2) is 9.72 Å². The molecule has 0 aliphatic heterocycles. The first-order chi connectivity index (χ1) is 11.7. The van der Waals surface area contributed by atoms with E-state index in [2.05, 4.69) is 10.5 Å². The third kappa shape index (κ3) is 2.71. The molecule has 0 bridgehead atoms. The molecule has 0 unspecified atom stereocenters. The number of fused-ring (bicyclic) bond motifs is 2. The van der Waals surface area contributed by atoms with Crippen LogP contribution in [0.4, 0.5) is 8.78 Å². The van der Waals surface area contributed by atoms with Gasteiger partial charge in [0, 0.05) is 36.7 Å². The van der Waals surface area contributed by atoms with Crippen LogP contribution < -0.4 is 5.32 Å². The number of hydrogen-bond donors (Lipinski definition) is 1. The Kier molecular flexibility index (Phi) is 4.06. The fourth-order valence-corrected chi connectivity index (χ4v) is 3.48. The zero-order valence-electron chi connectivity index (χ0n) is 13.3. The molecule has 2 aromatic heterocycles. The standard InChI is InChI=1S/C18H19F2N3O/c19-18(20)23-11-12(13-5-1-3-7-16(13)23)9-21-10-15-14-6-2-4-8-17(14)24-22-15/h1,3,5,7,11,18,21H,2,4,6,8-10H2. The number of para-hydroxylation sites is 1. The van der Waals surface area contributed by atoms with Gasteiger partial charge in [0.2, 0.25) is 0 Å². The van der Waals surface area contributed by atoms with Crippen LogP contribution in [0.25, 0.3) is 10.9 Å². The summed E-state index contributed by atoms with van der Waals surface area (Å²) >= 11 is 0. The van der Waals surface area contributed by atoms with E-state index in [-0.39, 0.29) is 0 Å². The van der Waals surface area contributed by atoms with Gasteiger partial charge >= 0.3 is 6.55 Å². The molecule has 0 amide bonds. The van der Waals surface area contributed by atoms with Crippen LogP contribution in [0.5, 0.6) is 0 Å². The van der Waals surface area contributed by atoms with E-state index in [0.29, 0.717) is 18.6 Å². The monoisotopic (exact) mass is 331 g/mol. The van der Waals surface area contributed by atoms with Gasteiger partial charge in [-0.3, -0.25) is 4.57 Å². The van der Waals surface area contributed by atoms with Crippen molar-refractivity contribution in [2.24, 2.45) is 0 Å². The maximum absolute atomic E-state index is 13.2. The minimum absolute atomic E-state index is 0.516. The van der Waals surface area contributed by atoms with Crippen molar-refractivity contribution >= 4 is 10.9 Å². The number of rotatable bonds is 5. The first kappa shape index (κ1) is 15.3. The number of aromatic nitrogens is 2. The number of aryl methyl sites for hydroxylation is 1. The van der Waals surface area contributed by atoms with Crippen molar-refractivity contribution in [3.63, 3.8) is 0 Å². The van der Waals surface area contributed by atoms with Crippen molar-refractivity contribution in [3.8, 4) is 0 Å². The Hall–Kier alpha value is -2.21. The van der Waals surface area contributed by atoms with E-state index in [1.165, 1.54) is 18.2 Å². The lowest BCUT2D eigenvalue weighted by atomic mass is 9.96. The van der Waals surface area contributed by atoms with E-state index < -0.39 is 6.55 Å². The summed E-state index contributed by atoms with van der Waals surface area (Å²) in [5.41, 5.74) is 3.59. The highest BCUT2D eigenvalue weighted by atomic mass is 19.3. The quantitative estimate of drug-likeness (QED) is 0.762. The average Bonchev–Trinajstić information content (AvgIpc) is 3.17. The smallest absolute Gasteiger partial charge is 0.319 e. The largest absolute Gasteiger partial charge is 0.361 e. The second kappa shape index (κ2) is 6.36. The van der Waals surface area contributed by atoms with E-state index >= 15 is 0 Å². The summed E-state index contributed by atoms with van der Waals surface area (Å²) < 4.78 is 32.7. The van der Waals surface area contributed by atoms with E-state index in [1.807, 2.05) is 12.1 Å². The van der Waals surface area contributed by atoms with Crippen molar-refractivity contribution in [1.29, 1.82) is 0 Å². The number of hydrogen-bond acceptors (Lipinski definition) is 3. The maximum atomic E-state index is 13.2. The summed E-state index contributed by atoms with van der Waals surface area (Å²) in [6, 6.07) is 7.25. The molecule has 126 valence electrons. The third-order valence-corrected chi connectivity index (χ3v) is 4.67. The highest BCUT2D eigenvalue weighted by molar-refractivity contribution is 5.84. The number of alkyl halides is 2. The molecule has 1 aliphatic rings. The molecule has 1 aromatic carbocycles. The van der Waals surface area contributed by atoms with Gasteiger partial charge < -0.3 is 9.84 Å². The highest BCUT2D eigenvalue weighted by Gasteiger charge is 2.19. The molecule has 4 rings (SSSR count). The first-order valence-corrected chi connectivity index (χ1v) is 8.27. The Balaban J connectivity index is 1.50. The van der Waals surface area contributed by atoms with Gasteiger partial charge in [-0.05, 0) is 30.9 Å². The Morgan fingerprint density at radius 1 is 1.17 bits per heavy atom. The maximum Gasteiger partial charge on any atom is 0.319 e. The van der Waals surface area contributed by atoms with Gasteiger partial charge in [0.05, 0.1) is 5.52 Å². The van der Waals surface area contributed by atoms with E-state index in [1.54, 1.807) is 12.1 Å². The Bertz CT molecular complexity index is 853. The molecule has 2 heterocycles. The van der Waals surface area contributed by atoms with Crippen LogP contribution in [0.1, 0.15) is 42.0 Å². The number of benzene rings is 1. The molecule has 6 heteroatoms. The number of nitrogens with zero attached hydrogens (tertiary/aromatic N) is 2. The fraction of sp³-hybridized carbons (Fsp3) is 0.389. The van der Waals surface area contributed by atoms with E-state index in [0.717, 1.165) is 46.2 Å². The van der Waals surface area contributed by atoms with Crippen LogP contribution in [0.2, 0.25) is 0 Å². The zero-order chi connectivity index (χ0) is 16.5. The van der Waals surface area contributed by atoms with E-state index in [9.17, 15) is 8.78 Å². The summed E-state index contributed by atoms with van der Waals surface area (Å²) in [4.78, 5) is 0. The molecule has 0 atom stereocenters. The average molecular weight is 331 g/mol. The Morgan fingerprint density at radius 3 is 2.88 bits per heavy atom. The molecule has 0 fully saturated rings. The van der Waals surface area contributed by atoms with Crippen molar-refractivity contribution in [2.45, 2.75) is 45.3 Å². The molecule has 1 aliphatic carbocycles. The number of halogens is 2. The second-order valence-corrected chi connectivity index (χ2v) is 6.20. The Morgan fingerprint density at radius 2 is 2.00 bits per heavy atom. The summed E-state index contributed by atoms with van der Waals surface area (Å²) in [7, 11) is 0. The SMILES string of the molecule is FC(F)n1cc(CNCc2noc3c2CCCC3)c2ccccc21. The van der Waals surface area contributed by atoms with Gasteiger partial charge in [-0.2, -0.15) is 8.78 Å². The van der Waals surface area contributed by atoms with E-state index in [4.69, 9.17) is 4.52 Å². The lowest BCUT2D eigenvalue weighted by molar-refractivity contribution is 0.0750. The van der Waals surface area contributed by atoms with Crippen molar-refractivity contribution in [1.82, 2.24) is 15.0 Å². The molecular weight excluding hydrogens is 312 g/mol. The van der Waals surface area contributed by atoms with Crippen molar-refractivity contribution in [2.75, 3.05) is 0 Å². The molecule has 4 nitrogen and oxygen atoms in total. The highest BCUT2D eigenvalue weighted by Crippen LogP contribution is 2.27. The lowest BCUT2D eigenvalue weighted by Gasteiger charge is -2.09. The Labute approximate surface area is 138 Å². The van der Waals surface area contributed by atoms with Crippen LogP contribution in [-0.2, 0) is 25.9 Å². The predicted molar refractivity (Wildman–Crippen MR) is 86.9 cm³/mol. The predicted octanol–water partition coefficient (Wildman–Crippen LogP) is 4.19. The minimum atomic E-state index is -2.54. The lowest BCUT2D eigenvalue weighted by Crippen LogP contribution is -2.14. The molecule has 24 heavy (non-hydrogen) atoms. The van der Waals surface area contributed by atoms with Gasteiger partial charge in [0.15, 0.2) is 0 Å². The van der Waals surface area contributed by atoms with Crippen molar-refractivity contribution in [3.05, 3.63) is 53.0 Å². The van der Waals surface area contributed by atoms with Gasteiger partial charge in [-0.25, -0.2) is 0 Å². The van der Waals surface area contributed by atoms with Gasteiger partial charge in [0.25, 0.3) is 0 Å². The van der Waals surface area contributed by atoms with Gasteiger partial charge in [-0.15, -0.1) is 0 Å². The summed E-state index contributed by atoms with van der Waals surface area (Å²) in [6.45, 7) is -1.43. The van der Waals surface area contributed by atoms with Crippen LogP contribution >= 0.6 is 0 Å². The third-order valence-electron chi connectivity index (χ3n) is 4.67. The first-order valence-electron chi connectivity index (χ1n) is 8.27. The van der Waals surface area contributed by atoms with Crippen LogP contribution in [0, 0.1) is 0 Å². The van der Waals surface area contributed by atoms with Gasteiger partial charge in [-0.1, -0.05) is 23.4 Å². The molecule has 0 spiro atoms. The van der Waals surface area contributed by atoms with Gasteiger partial charge in [0.1, 0.15) is 11.5 Å². The second-order valence-electron chi connectivity index (χ2n) is 6.20.